The number of carbonyl (C=O) groups is 2. The topological polar surface area (TPSA) is 72.5 Å². The molecule has 3 aromatic carbocycles. The summed E-state index contributed by atoms with van der Waals surface area (Å²) >= 11 is 6.09. The Morgan fingerprint density at radius 2 is 1.65 bits per heavy atom. The second kappa shape index (κ2) is 7.78. The number of amides is 1. The van der Waals surface area contributed by atoms with Crippen LogP contribution in [-0.4, -0.2) is 11.7 Å². The minimum absolute atomic E-state index is 0.0613. The van der Waals surface area contributed by atoms with Crippen molar-refractivity contribution in [2.45, 2.75) is 6.42 Å². The third-order valence-electron chi connectivity index (χ3n) is 5.07. The molecule has 2 aromatic heterocycles. The van der Waals surface area contributed by atoms with Crippen LogP contribution in [0.2, 0.25) is 5.02 Å². The fraction of sp³-hybridized carbons (Fsp3) is 0.0400. The summed E-state index contributed by atoms with van der Waals surface area (Å²) in [5, 5.41) is 4.88. The summed E-state index contributed by atoms with van der Waals surface area (Å²) in [6.45, 7) is 0. The number of rotatable bonds is 5. The van der Waals surface area contributed by atoms with Gasteiger partial charge in [-0.3, -0.25) is 9.59 Å². The maximum absolute atomic E-state index is 13.1. The highest BCUT2D eigenvalue weighted by molar-refractivity contribution is 6.31. The van der Waals surface area contributed by atoms with Crippen LogP contribution in [0.5, 0.6) is 0 Å². The van der Waals surface area contributed by atoms with Gasteiger partial charge in [-0.25, -0.2) is 0 Å². The van der Waals surface area contributed by atoms with E-state index >= 15 is 0 Å². The fourth-order valence-corrected chi connectivity index (χ4v) is 3.77. The van der Waals surface area contributed by atoms with Crippen LogP contribution in [0.3, 0.4) is 0 Å². The van der Waals surface area contributed by atoms with Crippen molar-refractivity contribution in [3.05, 3.63) is 101 Å². The first-order valence-corrected chi connectivity index (χ1v) is 10.0. The highest BCUT2D eigenvalue weighted by Crippen LogP contribution is 2.33. The Balaban J connectivity index is 1.50. The molecule has 1 N–H and O–H groups in total. The van der Waals surface area contributed by atoms with Gasteiger partial charge in [-0.1, -0.05) is 54.1 Å². The quantitative estimate of drug-likeness (QED) is 0.335. The summed E-state index contributed by atoms with van der Waals surface area (Å²) in [4.78, 5) is 26.0. The molecule has 2 heterocycles. The van der Waals surface area contributed by atoms with Crippen LogP contribution in [-0.2, 0) is 11.2 Å². The highest BCUT2D eigenvalue weighted by atomic mass is 35.5. The number of furan rings is 2. The zero-order valence-electron chi connectivity index (χ0n) is 16.2. The lowest BCUT2D eigenvalue weighted by atomic mass is 10.1. The molecule has 0 aliphatic heterocycles. The van der Waals surface area contributed by atoms with Crippen LogP contribution < -0.4 is 5.32 Å². The number of nitrogens with one attached hydrogen (secondary N) is 1. The minimum Gasteiger partial charge on any atom is -0.464 e. The molecule has 31 heavy (non-hydrogen) atoms. The largest absolute Gasteiger partial charge is 0.464 e. The van der Waals surface area contributed by atoms with Crippen molar-refractivity contribution in [1.82, 2.24) is 0 Å². The van der Waals surface area contributed by atoms with Gasteiger partial charge in [-0.05, 0) is 30.3 Å². The van der Waals surface area contributed by atoms with Gasteiger partial charge in [-0.15, -0.1) is 0 Å². The molecule has 0 spiro atoms. The van der Waals surface area contributed by atoms with Gasteiger partial charge >= 0.3 is 0 Å². The summed E-state index contributed by atoms with van der Waals surface area (Å²) in [7, 11) is 0. The van der Waals surface area contributed by atoms with E-state index in [4.69, 9.17) is 20.4 Å². The molecule has 5 aromatic rings. The average Bonchev–Trinajstić information content (AvgIpc) is 3.35. The van der Waals surface area contributed by atoms with E-state index in [1.165, 1.54) is 0 Å². The molecular formula is C25H16ClNO4. The monoisotopic (exact) mass is 429 g/mol. The summed E-state index contributed by atoms with van der Waals surface area (Å²) < 4.78 is 11.4. The summed E-state index contributed by atoms with van der Waals surface area (Å²) in [5.41, 5.74) is 2.73. The van der Waals surface area contributed by atoms with Gasteiger partial charge in [0, 0.05) is 26.9 Å². The Hall–Kier alpha value is -3.83. The van der Waals surface area contributed by atoms with Crippen molar-refractivity contribution in [3.63, 3.8) is 0 Å². The standard InChI is InChI=1S/C25H16ClNO4/c26-17-10-11-20-19(13-17)16(14-30-20)12-22(28)27-23-18-8-4-5-9-21(18)31-25(23)24(29)15-6-2-1-3-7-15/h1-11,13-14H,12H2,(H,27,28). The smallest absolute Gasteiger partial charge is 0.230 e. The van der Waals surface area contributed by atoms with Crippen molar-refractivity contribution in [2.75, 3.05) is 5.32 Å². The Morgan fingerprint density at radius 1 is 0.871 bits per heavy atom. The van der Waals surface area contributed by atoms with Crippen molar-refractivity contribution >= 4 is 50.9 Å². The molecule has 0 radical (unpaired) electrons. The molecule has 5 nitrogen and oxygen atoms in total. The summed E-state index contributed by atoms with van der Waals surface area (Å²) in [6.07, 6.45) is 1.61. The second-order valence-corrected chi connectivity index (χ2v) is 7.56. The lowest BCUT2D eigenvalue weighted by molar-refractivity contribution is -0.115. The van der Waals surface area contributed by atoms with E-state index in [2.05, 4.69) is 5.32 Å². The molecule has 152 valence electrons. The first-order valence-electron chi connectivity index (χ1n) is 9.67. The molecule has 1 amide bonds. The van der Waals surface area contributed by atoms with E-state index in [9.17, 15) is 9.59 Å². The van der Waals surface area contributed by atoms with Gasteiger partial charge in [0.2, 0.25) is 11.7 Å². The van der Waals surface area contributed by atoms with E-state index in [1.54, 1.807) is 54.8 Å². The van der Waals surface area contributed by atoms with Crippen molar-refractivity contribution < 1.29 is 18.4 Å². The van der Waals surface area contributed by atoms with Gasteiger partial charge in [0.15, 0.2) is 5.76 Å². The van der Waals surface area contributed by atoms with Crippen LogP contribution in [0, 0.1) is 0 Å². The number of ketones is 1. The number of benzene rings is 3. The van der Waals surface area contributed by atoms with E-state index in [1.807, 2.05) is 24.3 Å². The number of hydrogen-bond acceptors (Lipinski definition) is 4. The Labute approximate surface area is 182 Å². The van der Waals surface area contributed by atoms with Gasteiger partial charge in [0.05, 0.1) is 18.4 Å². The summed E-state index contributed by atoms with van der Waals surface area (Å²) in [6, 6.07) is 21.3. The lowest BCUT2D eigenvalue weighted by Gasteiger charge is -2.06. The number of hydrogen-bond donors (Lipinski definition) is 1. The van der Waals surface area contributed by atoms with Crippen LogP contribution >= 0.6 is 11.6 Å². The van der Waals surface area contributed by atoms with Crippen LogP contribution in [0.25, 0.3) is 21.9 Å². The molecule has 0 bridgehead atoms. The predicted molar refractivity (Wildman–Crippen MR) is 120 cm³/mol. The second-order valence-electron chi connectivity index (χ2n) is 7.12. The van der Waals surface area contributed by atoms with E-state index in [-0.39, 0.29) is 23.9 Å². The molecule has 0 unspecified atom stereocenters. The van der Waals surface area contributed by atoms with E-state index < -0.39 is 0 Å². The SMILES string of the molecule is O=C(Cc1coc2ccc(Cl)cc12)Nc1c(C(=O)c2ccccc2)oc2ccccc12. The first kappa shape index (κ1) is 19.2. The normalized spacial score (nSPS) is 11.1. The number of halogens is 1. The minimum atomic E-state index is -0.298. The van der Waals surface area contributed by atoms with E-state index in [0.717, 1.165) is 5.39 Å². The van der Waals surface area contributed by atoms with Gasteiger partial charge in [-0.2, -0.15) is 0 Å². The number of fused-ring (bicyclic) bond motifs is 2. The van der Waals surface area contributed by atoms with Gasteiger partial charge in [0.1, 0.15) is 11.2 Å². The van der Waals surface area contributed by atoms with Crippen molar-refractivity contribution in [1.29, 1.82) is 0 Å². The van der Waals surface area contributed by atoms with Crippen molar-refractivity contribution in [2.24, 2.45) is 0 Å². The molecule has 0 aliphatic rings. The van der Waals surface area contributed by atoms with E-state index in [0.29, 0.717) is 38.4 Å². The Morgan fingerprint density at radius 3 is 2.48 bits per heavy atom. The predicted octanol–water partition coefficient (Wildman–Crippen LogP) is 6.24. The third kappa shape index (κ3) is 3.60. The molecular weight excluding hydrogens is 414 g/mol. The average molecular weight is 430 g/mol. The molecule has 0 saturated carbocycles. The summed E-state index contributed by atoms with van der Waals surface area (Å²) in [5.74, 6) is -0.496. The zero-order chi connectivity index (χ0) is 21.4. The first-order chi connectivity index (χ1) is 15.1. The van der Waals surface area contributed by atoms with Crippen LogP contribution in [0.4, 0.5) is 5.69 Å². The third-order valence-corrected chi connectivity index (χ3v) is 5.30. The lowest BCUT2D eigenvalue weighted by Crippen LogP contribution is -2.16. The molecule has 0 fully saturated rings. The zero-order valence-corrected chi connectivity index (χ0v) is 17.0. The number of anilines is 1. The van der Waals surface area contributed by atoms with Crippen LogP contribution in [0.1, 0.15) is 21.7 Å². The van der Waals surface area contributed by atoms with Crippen LogP contribution in [0.15, 0.2) is 87.9 Å². The highest BCUT2D eigenvalue weighted by Gasteiger charge is 2.23. The molecule has 5 rings (SSSR count). The molecule has 6 heteroatoms. The maximum atomic E-state index is 13.1. The fourth-order valence-electron chi connectivity index (χ4n) is 3.60. The van der Waals surface area contributed by atoms with Gasteiger partial charge in [0.25, 0.3) is 0 Å². The Kier molecular flexibility index (Phi) is 4.81. The molecule has 0 aliphatic carbocycles. The number of para-hydroxylation sites is 1. The Bertz CT molecular complexity index is 1430. The number of carbonyl (C=O) groups excluding carboxylic acids is 2. The maximum Gasteiger partial charge on any atom is 0.230 e. The molecule has 0 atom stereocenters. The van der Waals surface area contributed by atoms with Crippen molar-refractivity contribution in [3.8, 4) is 0 Å². The van der Waals surface area contributed by atoms with Gasteiger partial charge < -0.3 is 14.2 Å². The molecule has 0 saturated heterocycles.